The number of aromatic nitrogens is 1. The maximum absolute atomic E-state index is 11.7. The Morgan fingerprint density at radius 3 is 2.56 bits per heavy atom. The number of carboxylic acids is 1. The second-order valence-corrected chi connectivity index (χ2v) is 4.16. The fourth-order valence-electron chi connectivity index (χ4n) is 1.62. The molecule has 1 rings (SSSR count). The minimum absolute atomic E-state index is 0.0463. The van der Waals surface area contributed by atoms with E-state index in [9.17, 15) is 9.59 Å². The average Bonchev–Trinajstić information content (AvgIpc) is 2.80. The molecule has 0 radical (unpaired) electrons. The smallest absolute Gasteiger partial charge is 0.325 e. The van der Waals surface area contributed by atoms with Gasteiger partial charge in [0.1, 0.15) is 6.04 Å². The number of rotatable bonds is 6. The maximum Gasteiger partial charge on any atom is 0.325 e. The number of amides is 1. The second kappa shape index (κ2) is 6.18. The van der Waals surface area contributed by atoms with Crippen molar-refractivity contribution in [3.8, 4) is 0 Å². The highest BCUT2D eigenvalue weighted by Gasteiger charge is 2.20. The molecule has 1 atom stereocenters. The molecule has 6 nitrogen and oxygen atoms in total. The van der Waals surface area contributed by atoms with Crippen LogP contribution in [0.3, 0.4) is 0 Å². The Hall–Kier alpha value is -1.85. The Morgan fingerprint density at radius 2 is 2.06 bits per heavy atom. The van der Waals surface area contributed by atoms with Crippen molar-refractivity contribution in [1.29, 1.82) is 0 Å². The summed E-state index contributed by atoms with van der Waals surface area (Å²) in [5, 5.41) is 14.8. The van der Waals surface area contributed by atoms with Crippen molar-refractivity contribution in [2.75, 3.05) is 0 Å². The lowest BCUT2D eigenvalue weighted by Crippen LogP contribution is -2.38. The Bertz CT molecular complexity index is 423. The number of nitrogens with zero attached hydrogens (tertiary/aromatic N) is 1. The van der Waals surface area contributed by atoms with Gasteiger partial charge in [-0.3, -0.25) is 9.59 Å². The molecular weight excluding hydrogens is 236 g/mol. The van der Waals surface area contributed by atoms with Crippen molar-refractivity contribution >= 4 is 11.9 Å². The van der Waals surface area contributed by atoms with Crippen molar-refractivity contribution in [2.24, 2.45) is 0 Å². The zero-order valence-electron chi connectivity index (χ0n) is 10.8. The van der Waals surface area contributed by atoms with Gasteiger partial charge in [-0.05, 0) is 19.8 Å². The third-order valence-electron chi connectivity index (χ3n) is 2.87. The third-order valence-corrected chi connectivity index (χ3v) is 2.87. The zero-order chi connectivity index (χ0) is 13.7. The largest absolute Gasteiger partial charge is 0.480 e. The van der Waals surface area contributed by atoms with Gasteiger partial charge in [0.25, 0.3) is 5.91 Å². The SMILES string of the molecule is CCC(CC)c1cc(C(=O)N[C@H](C)C(=O)O)on1. The highest BCUT2D eigenvalue weighted by atomic mass is 16.5. The average molecular weight is 254 g/mol. The molecule has 0 aliphatic rings. The molecule has 1 aromatic rings. The van der Waals surface area contributed by atoms with E-state index in [1.54, 1.807) is 6.07 Å². The van der Waals surface area contributed by atoms with E-state index < -0.39 is 17.9 Å². The van der Waals surface area contributed by atoms with Gasteiger partial charge < -0.3 is 14.9 Å². The first-order chi connectivity index (χ1) is 8.49. The normalized spacial score (nSPS) is 12.4. The van der Waals surface area contributed by atoms with Crippen LogP contribution in [0.2, 0.25) is 0 Å². The first-order valence-electron chi connectivity index (χ1n) is 5.99. The fourth-order valence-corrected chi connectivity index (χ4v) is 1.62. The molecule has 1 heterocycles. The van der Waals surface area contributed by atoms with E-state index in [0.29, 0.717) is 0 Å². The molecule has 1 aromatic heterocycles. The molecule has 100 valence electrons. The van der Waals surface area contributed by atoms with Crippen LogP contribution in [0.25, 0.3) is 0 Å². The number of hydrogen-bond donors (Lipinski definition) is 2. The molecule has 6 heteroatoms. The molecule has 0 bridgehead atoms. The van der Waals surface area contributed by atoms with Crippen LogP contribution in [-0.2, 0) is 4.79 Å². The number of hydrogen-bond acceptors (Lipinski definition) is 4. The highest BCUT2D eigenvalue weighted by molar-refractivity contribution is 5.94. The summed E-state index contributed by atoms with van der Waals surface area (Å²) in [6.45, 7) is 5.46. The molecule has 18 heavy (non-hydrogen) atoms. The Labute approximate surface area is 105 Å². The molecule has 0 spiro atoms. The monoisotopic (exact) mass is 254 g/mol. The Morgan fingerprint density at radius 1 is 1.44 bits per heavy atom. The zero-order valence-corrected chi connectivity index (χ0v) is 10.8. The van der Waals surface area contributed by atoms with Crippen LogP contribution in [0, 0.1) is 0 Å². The summed E-state index contributed by atoms with van der Waals surface area (Å²) < 4.78 is 4.94. The fraction of sp³-hybridized carbons (Fsp3) is 0.583. The van der Waals surface area contributed by atoms with E-state index >= 15 is 0 Å². The summed E-state index contributed by atoms with van der Waals surface area (Å²) in [5.41, 5.74) is 0.730. The van der Waals surface area contributed by atoms with Gasteiger partial charge in [0.2, 0.25) is 5.76 Å². The topological polar surface area (TPSA) is 92.4 Å². The molecule has 0 aliphatic carbocycles. The molecular formula is C12H18N2O4. The molecule has 0 saturated carbocycles. The summed E-state index contributed by atoms with van der Waals surface area (Å²) >= 11 is 0. The first kappa shape index (κ1) is 14.2. The molecule has 0 aromatic carbocycles. The molecule has 0 aliphatic heterocycles. The van der Waals surface area contributed by atoms with E-state index in [4.69, 9.17) is 9.63 Å². The Kier molecular flexibility index (Phi) is 4.88. The van der Waals surface area contributed by atoms with Gasteiger partial charge in [-0.15, -0.1) is 0 Å². The van der Waals surface area contributed by atoms with E-state index in [1.807, 2.05) is 13.8 Å². The van der Waals surface area contributed by atoms with Gasteiger partial charge in [-0.25, -0.2) is 0 Å². The van der Waals surface area contributed by atoms with Crippen LogP contribution in [0.5, 0.6) is 0 Å². The standard InChI is InChI=1S/C12H18N2O4/c1-4-8(5-2)9-6-10(18-14-9)11(15)13-7(3)12(16)17/h6-8H,4-5H2,1-3H3,(H,13,15)(H,16,17)/t7-/m1/s1. The predicted octanol–water partition coefficient (Wildman–Crippen LogP) is 1.78. The van der Waals surface area contributed by atoms with Crippen molar-refractivity contribution < 1.29 is 19.2 Å². The number of nitrogens with one attached hydrogen (secondary N) is 1. The number of aliphatic carboxylic acids is 1. The highest BCUT2D eigenvalue weighted by Crippen LogP contribution is 2.22. The van der Waals surface area contributed by atoms with Crippen molar-refractivity contribution in [1.82, 2.24) is 10.5 Å². The molecule has 0 fully saturated rings. The van der Waals surface area contributed by atoms with E-state index in [-0.39, 0.29) is 11.7 Å². The lowest BCUT2D eigenvalue weighted by Gasteiger charge is -2.07. The number of carbonyl (C=O) groups excluding carboxylic acids is 1. The van der Waals surface area contributed by atoms with Gasteiger partial charge in [0.15, 0.2) is 0 Å². The predicted molar refractivity (Wildman–Crippen MR) is 64.4 cm³/mol. The molecule has 1 amide bonds. The van der Waals surface area contributed by atoms with Crippen LogP contribution < -0.4 is 5.32 Å². The molecule has 0 saturated heterocycles. The van der Waals surface area contributed by atoms with Crippen molar-refractivity contribution in [3.63, 3.8) is 0 Å². The van der Waals surface area contributed by atoms with E-state index in [0.717, 1.165) is 18.5 Å². The number of carboxylic acid groups (broad SMARTS) is 1. The summed E-state index contributed by atoms with van der Waals surface area (Å²) in [6, 6.07) is 0.612. The number of carbonyl (C=O) groups is 2. The third kappa shape index (κ3) is 3.32. The van der Waals surface area contributed by atoms with Crippen LogP contribution in [0.1, 0.15) is 55.8 Å². The van der Waals surface area contributed by atoms with Gasteiger partial charge in [0, 0.05) is 12.0 Å². The second-order valence-electron chi connectivity index (χ2n) is 4.16. The first-order valence-corrected chi connectivity index (χ1v) is 5.99. The minimum Gasteiger partial charge on any atom is -0.480 e. The van der Waals surface area contributed by atoms with Gasteiger partial charge in [-0.2, -0.15) is 0 Å². The van der Waals surface area contributed by atoms with Gasteiger partial charge in [0.05, 0.1) is 5.69 Å². The van der Waals surface area contributed by atoms with Crippen LogP contribution in [-0.4, -0.2) is 28.2 Å². The van der Waals surface area contributed by atoms with Gasteiger partial charge >= 0.3 is 5.97 Å². The van der Waals surface area contributed by atoms with E-state index in [1.165, 1.54) is 6.92 Å². The molecule has 2 N–H and O–H groups in total. The maximum atomic E-state index is 11.7. The Balaban J connectivity index is 2.73. The van der Waals surface area contributed by atoms with Crippen LogP contribution in [0.15, 0.2) is 10.6 Å². The minimum atomic E-state index is -1.09. The molecule has 0 unspecified atom stereocenters. The van der Waals surface area contributed by atoms with Crippen LogP contribution in [0.4, 0.5) is 0 Å². The van der Waals surface area contributed by atoms with Crippen LogP contribution >= 0.6 is 0 Å². The van der Waals surface area contributed by atoms with E-state index in [2.05, 4.69) is 10.5 Å². The van der Waals surface area contributed by atoms with Crippen molar-refractivity contribution in [3.05, 3.63) is 17.5 Å². The summed E-state index contributed by atoms with van der Waals surface area (Å²) in [4.78, 5) is 22.3. The van der Waals surface area contributed by atoms with Crippen molar-refractivity contribution in [2.45, 2.75) is 45.6 Å². The lowest BCUT2D eigenvalue weighted by atomic mass is 9.99. The lowest BCUT2D eigenvalue weighted by molar-refractivity contribution is -0.138. The quantitative estimate of drug-likeness (QED) is 0.807. The summed E-state index contributed by atoms with van der Waals surface area (Å²) in [7, 11) is 0. The summed E-state index contributed by atoms with van der Waals surface area (Å²) in [5.74, 6) is -1.35. The van der Waals surface area contributed by atoms with Gasteiger partial charge in [-0.1, -0.05) is 19.0 Å². The summed E-state index contributed by atoms with van der Waals surface area (Å²) in [6.07, 6.45) is 1.82.